The first-order valence-corrected chi connectivity index (χ1v) is 7.20. The van der Waals surface area contributed by atoms with Crippen molar-refractivity contribution in [2.75, 3.05) is 6.54 Å². The summed E-state index contributed by atoms with van der Waals surface area (Å²) in [5.41, 5.74) is 6.64. The third-order valence-electron chi connectivity index (χ3n) is 2.44. The largest absolute Gasteiger partial charge is 0.343 e. The number of hydrogen-bond donors (Lipinski definition) is 2. The van der Waals surface area contributed by atoms with Crippen molar-refractivity contribution in [3.8, 4) is 0 Å². The molecule has 2 aromatic rings. The molecule has 0 aliphatic carbocycles. The number of halogens is 1. The molecule has 0 unspecified atom stereocenters. The van der Waals surface area contributed by atoms with E-state index in [2.05, 4.69) is 20.3 Å². The number of thiazole rings is 1. The molecule has 0 aliphatic heterocycles. The van der Waals surface area contributed by atoms with E-state index < -0.39 is 0 Å². The molecule has 2 rings (SSSR count). The maximum Gasteiger partial charge on any atom is 0.272 e. The van der Waals surface area contributed by atoms with Crippen LogP contribution in [0.5, 0.6) is 0 Å². The topological polar surface area (TPSA) is 93.8 Å². The first kappa shape index (κ1) is 14.8. The number of aryl methyl sites for hydroxylation is 1. The summed E-state index contributed by atoms with van der Waals surface area (Å²) in [6.45, 7) is 2.61. The predicted octanol–water partition coefficient (Wildman–Crippen LogP) is 1.33. The lowest BCUT2D eigenvalue weighted by atomic mass is 10.4. The average Bonchev–Trinajstić information content (AvgIpc) is 2.79. The van der Waals surface area contributed by atoms with Gasteiger partial charge in [-0.05, 0) is 19.0 Å². The molecule has 8 heteroatoms. The highest BCUT2D eigenvalue weighted by Crippen LogP contribution is 2.24. The van der Waals surface area contributed by atoms with Crippen LogP contribution in [0.3, 0.4) is 0 Å². The monoisotopic (exact) mass is 311 g/mol. The Morgan fingerprint density at radius 2 is 2.15 bits per heavy atom. The van der Waals surface area contributed by atoms with Crippen LogP contribution in [0.15, 0.2) is 12.4 Å². The van der Waals surface area contributed by atoms with Crippen LogP contribution in [0, 0.1) is 6.92 Å². The first-order chi connectivity index (χ1) is 9.60. The summed E-state index contributed by atoms with van der Waals surface area (Å²) in [4.78, 5) is 24.4. The van der Waals surface area contributed by atoms with Gasteiger partial charge in [0.1, 0.15) is 10.2 Å². The van der Waals surface area contributed by atoms with Crippen LogP contribution in [0.25, 0.3) is 0 Å². The minimum atomic E-state index is -0.335. The summed E-state index contributed by atoms with van der Waals surface area (Å²) < 4.78 is 0.371. The first-order valence-electron chi connectivity index (χ1n) is 6.01. The summed E-state index contributed by atoms with van der Waals surface area (Å²) in [6.07, 6.45) is 4.01. The summed E-state index contributed by atoms with van der Waals surface area (Å²) in [5, 5.41) is 3.45. The molecule has 0 bridgehead atoms. The molecule has 0 saturated heterocycles. The Hall–Kier alpha value is -1.57. The molecular formula is C12H14ClN5OS. The second kappa shape index (κ2) is 6.74. The molecular weight excluding hydrogens is 298 g/mol. The number of hydrogen-bond acceptors (Lipinski definition) is 6. The van der Waals surface area contributed by atoms with Crippen molar-refractivity contribution in [3.63, 3.8) is 0 Å². The fourth-order valence-electron chi connectivity index (χ4n) is 1.47. The number of rotatable bonds is 5. The molecule has 6 nitrogen and oxygen atoms in total. The van der Waals surface area contributed by atoms with Gasteiger partial charge in [-0.3, -0.25) is 4.79 Å². The highest BCUT2D eigenvalue weighted by atomic mass is 35.5. The molecule has 1 amide bonds. The smallest absolute Gasteiger partial charge is 0.272 e. The number of carbonyl (C=O) groups is 1. The van der Waals surface area contributed by atoms with E-state index in [0.717, 1.165) is 10.6 Å². The zero-order valence-corrected chi connectivity index (χ0v) is 12.5. The van der Waals surface area contributed by atoms with Crippen molar-refractivity contribution in [2.24, 2.45) is 5.73 Å². The van der Waals surface area contributed by atoms with E-state index in [0.29, 0.717) is 23.1 Å². The van der Waals surface area contributed by atoms with Crippen LogP contribution in [0.2, 0.25) is 4.34 Å². The number of amides is 1. The highest BCUT2D eigenvalue weighted by molar-refractivity contribution is 7.16. The van der Waals surface area contributed by atoms with Gasteiger partial charge in [0.05, 0.1) is 11.6 Å². The van der Waals surface area contributed by atoms with E-state index in [9.17, 15) is 4.79 Å². The van der Waals surface area contributed by atoms with Gasteiger partial charge in [0, 0.05) is 18.8 Å². The molecule has 0 atom stereocenters. The third-order valence-corrected chi connectivity index (χ3v) is 3.76. The van der Waals surface area contributed by atoms with Gasteiger partial charge >= 0.3 is 0 Å². The molecule has 2 aromatic heterocycles. The minimum Gasteiger partial charge on any atom is -0.343 e. The Bertz CT molecular complexity index is 598. The Morgan fingerprint density at radius 1 is 1.45 bits per heavy atom. The number of aromatic nitrogens is 3. The van der Waals surface area contributed by atoms with E-state index in [1.807, 2.05) is 6.92 Å². The van der Waals surface area contributed by atoms with Crippen LogP contribution >= 0.6 is 22.9 Å². The quantitative estimate of drug-likeness (QED) is 0.868. The van der Waals surface area contributed by atoms with Crippen molar-refractivity contribution < 1.29 is 4.79 Å². The standard InChI is InChI=1S/C12H14ClN5OS/c1-7-4-15-8(16-5-7)6-17-12(19)10-11(13)20-9(18-10)2-3-14/h4-5H,2-3,6,14H2,1H3,(H,17,19). The molecule has 106 valence electrons. The second-order valence-corrected chi connectivity index (χ2v) is 5.81. The van der Waals surface area contributed by atoms with Crippen molar-refractivity contribution in [1.29, 1.82) is 0 Å². The maximum atomic E-state index is 12.0. The summed E-state index contributed by atoms with van der Waals surface area (Å²) in [6, 6.07) is 0. The van der Waals surface area contributed by atoms with Gasteiger partial charge in [0.25, 0.3) is 5.91 Å². The number of nitrogens with one attached hydrogen (secondary N) is 1. The van der Waals surface area contributed by atoms with Crippen molar-refractivity contribution >= 4 is 28.8 Å². The summed E-state index contributed by atoms with van der Waals surface area (Å²) >= 11 is 7.27. The Kier molecular flexibility index (Phi) is 4.99. The normalized spacial score (nSPS) is 10.6. The molecule has 20 heavy (non-hydrogen) atoms. The van der Waals surface area contributed by atoms with E-state index in [1.54, 1.807) is 12.4 Å². The minimum absolute atomic E-state index is 0.229. The molecule has 0 radical (unpaired) electrons. The van der Waals surface area contributed by atoms with Crippen molar-refractivity contribution in [3.05, 3.63) is 38.8 Å². The Labute approximate surface area is 125 Å². The van der Waals surface area contributed by atoms with E-state index >= 15 is 0 Å². The van der Waals surface area contributed by atoms with Gasteiger partial charge in [0.15, 0.2) is 5.69 Å². The van der Waals surface area contributed by atoms with Crippen LogP contribution < -0.4 is 11.1 Å². The van der Waals surface area contributed by atoms with Crippen molar-refractivity contribution in [2.45, 2.75) is 19.9 Å². The SMILES string of the molecule is Cc1cnc(CNC(=O)c2nc(CCN)sc2Cl)nc1. The fraction of sp³-hybridized carbons (Fsp3) is 0.333. The van der Waals surface area contributed by atoms with E-state index in [4.69, 9.17) is 17.3 Å². The van der Waals surface area contributed by atoms with Gasteiger partial charge in [-0.1, -0.05) is 11.6 Å². The third kappa shape index (κ3) is 3.72. The number of nitrogens with two attached hydrogens (primary N) is 1. The highest BCUT2D eigenvalue weighted by Gasteiger charge is 2.16. The Morgan fingerprint density at radius 3 is 2.80 bits per heavy atom. The van der Waals surface area contributed by atoms with Gasteiger partial charge < -0.3 is 11.1 Å². The van der Waals surface area contributed by atoms with Gasteiger partial charge in [0.2, 0.25) is 0 Å². The zero-order chi connectivity index (χ0) is 14.5. The molecule has 0 spiro atoms. The summed E-state index contributed by atoms with van der Waals surface area (Å²) in [7, 11) is 0. The average molecular weight is 312 g/mol. The van der Waals surface area contributed by atoms with E-state index in [-0.39, 0.29) is 18.1 Å². The van der Waals surface area contributed by atoms with Crippen LogP contribution in [0.4, 0.5) is 0 Å². The second-order valence-electron chi connectivity index (χ2n) is 4.13. The lowest BCUT2D eigenvalue weighted by molar-refractivity contribution is 0.0945. The van der Waals surface area contributed by atoms with Crippen LogP contribution in [0.1, 0.15) is 26.9 Å². The van der Waals surface area contributed by atoms with Crippen LogP contribution in [-0.2, 0) is 13.0 Å². The van der Waals surface area contributed by atoms with Crippen molar-refractivity contribution in [1.82, 2.24) is 20.3 Å². The summed E-state index contributed by atoms with van der Waals surface area (Å²) in [5.74, 6) is 0.205. The molecule has 2 heterocycles. The predicted molar refractivity (Wildman–Crippen MR) is 77.8 cm³/mol. The molecule has 0 aliphatic rings. The Balaban J connectivity index is 1.99. The molecule has 0 fully saturated rings. The van der Waals surface area contributed by atoms with Gasteiger partial charge in [-0.15, -0.1) is 11.3 Å². The molecule has 0 saturated carbocycles. The fourth-order valence-corrected chi connectivity index (χ4v) is 2.66. The van der Waals surface area contributed by atoms with Crippen LogP contribution in [-0.4, -0.2) is 27.4 Å². The molecule has 0 aromatic carbocycles. The zero-order valence-electron chi connectivity index (χ0n) is 10.9. The molecule has 3 N–H and O–H groups in total. The lowest BCUT2D eigenvalue weighted by Gasteiger charge is -2.02. The maximum absolute atomic E-state index is 12.0. The lowest BCUT2D eigenvalue weighted by Crippen LogP contribution is -2.24. The van der Waals surface area contributed by atoms with E-state index in [1.165, 1.54) is 11.3 Å². The van der Waals surface area contributed by atoms with Gasteiger partial charge in [-0.2, -0.15) is 0 Å². The van der Waals surface area contributed by atoms with Gasteiger partial charge in [-0.25, -0.2) is 15.0 Å². The number of nitrogens with zero attached hydrogens (tertiary/aromatic N) is 3. The number of carbonyl (C=O) groups excluding carboxylic acids is 1.